The minimum atomic E-state index is 0.866. The molecular weight excluding hydrogens is 206 g/mol. The zero-order chi connectivity index (χ0) is 7.84. The summed E-state index contributed by atoms with van der Waals surface area (Å²) in [4.78, 5) is 4.08. The van der Waals surface area contributed by atoms with E-state index in [1.807, 2.05) is 19.2 Å². The third-order valence-corrected chi connectivity index (χ3v) is 2.56. The minimum absolute atomic E-state index is 0.866. The van der Waals surface area contributed by atoms with Gasteiger partial charge in [0.05, 0.1) is 4.47 Å². The van der Waals surface area contributed by atoms with Crippen LogP contribution in [0.1, 0.15) is 5.56 Å². The zero-order valence-corrected chi connectivity index (χ0v) is 7.54. The molecule has 0 atom stereocenters. The van der Waals surface area contributed by atoms with Crippen LogP contribution in [0.15, 0.2) is 23.1 Å². The summed E-state index contributed by atoms with van der Waals surface area (Å²) in [6.45, 7) is 2.03. The summed E-state index contributed by atoms with van der Waals surface area (Å²) >= 11 is 3.44. The van der Waals surface area contributed by atoms with Crippen molar-refractivity contribution in [3.05, 3.63) is 28.6 Å². The molecule has 0 aliphatic rings. The van der Waals surface area contributed by atoms with Crippen LogP contribution in [0.5, 0.6) is 0 Å². The molecular formula is C7H6BrN3. The average molecular weight is 212 g/mol. The van der Waals surface area contributed by atoms with Crippen molar-refractivity contribution >= 4 is 21.6 Å². The number of aromatic nitrogens is 3. The molecule has 0 radical (unpaired) electrons. The maximum atomic E-state index is 4.08. The monoisotopic (exact) mass is 211 g/mol. The Morgan fingerprint density at radius 1 is 1.55 bits per heavy atom. The number of nitrogens with zero attached hydrogens (tertiary/aromatic N) is 3. The lowest BCUT2D eigenvalue weighted by Gasteiger charge is -1.97. The molecule has 0 amide bonds. The van der Waals surface area contributed by atoms with Crippen molar-refractivity contribution in [3.63, 3.8) is 0 Å². The Hall–Kier alpha value is -0.900. The minimum Gasteiger partial charge on any atom is -0.220 e. The van der Waals surface area contributed by atoms with Crippen LogP contribution in [-0.2, 0) is 0 Å². The zero-order valence-electron chi connectivity index (χ0n) is 5.95. The van der Waals surface area contributed by atoms with Crippen molar-refractivity contribution in [1.29, 1.82) is 0 Å². The molecule has 0 fully saturated rings. The number of halogens is 1. The van der Waals surface area contributed by atoms with Gasteiger partial charge in [-0.1, -0.05) is 0 Å². The highest BCUT2D eigenvalue weighted by Crippen LogP contribution is 2.19. The molecule has 0 aromatic carbocycles. The number of fused-ring (bicyclic) bond motifs is 1. The second-order valence-electron chi connectivity index (χ2n) is 2.34. The molecule has 2 heterocycles. The van der Waals surface area contributed by atoms with E-state index in [1.165, 1.54) is 5.56 Å². The number of pyridine rings is 1. The molecule has 0 saturated carbocycles. The topological polar surface area (TPSA) is 30.2 Å². The summed E-state index contributed by atoms with van der Waals surface area (Å²) in [6, 6.07) is 1.99. The first-order valence-corrected chi connectivity index (χ1v) is 4.03. The summed E-state index contributed by atoms with van der Waals surface area (Å²) < 4.78 is 2.74. The molecule has 0 spiro atoms. The summed E-state index contributed by atoms with van der Waals surface area (Å²) in [7, 11) is 0. The van der Waals surface area contributed by atoms with Crippen LogP contribution >= 0.6 is 15.9 Å². The SMILES string of the molecule is Cc1ccn2ncnc2c1Br. The molecule has 2 aromatic rings. The van der Waals surface area contributed by atoms with Crippen LogP contribution in [0.4, 0.5) is 0 Å². The Morgan fingerprint density at radius 2 is 2.36 bits per heavy atom. The number of hydrogen-bond acceptors (Lipinski definition) is 2. The van der Waals surface area contributed by atoms with Gasteiger partial charge in [0.25, 0.3) is 0 Å². The Morgan fingerprint density at radius 3 is 3.18 bits per heavy atom. The maximum absolute atomic E-state index is 4.08. The van der Waals surface area contributed by atoms with Gasteiger partial charge in [-0.15, -0.1) is 0 Å². The predicted octanol–water partition coefficient (Wildman–Crippen LogP) is 1.80. The first kappa shape index (κ1) is 6.79. The van der Waals surface area contributed by atoms with Gasteiger partial charge in [0.1, 0.15) is 6.33 Å². The lowest BCUT2D eigenvalue weighted by Crippen LogP contribution is -1.88. The third kappa shape index (κ3) is 0.939. The highest BCUT2D eigenvalue weighted by atomic mass is 79.9. The van der Waals surface area contributed by atoms with Crippen molar-refractivity contribution in [3.8, 4) is 0 Å². The number of hydrogen-bond donors (Lipinski definition) is 0. The lowest BCUT2D eigenvalue weighted by molar-refractivity contribution is 0.954. The van der Waals surface area contributed by atoms with Crippen molar-refractivity contribution in [2.24, 2.45) is 0 Å². The fourth-order valence-electron chi connectivity index (χ4n) is 0.948. The predicted molar refractivity (Wildman–Crippen MR) is 45.4 cm³/mol. The standard InChI is InChI=1S/C7H6BrN3/c1-5-2-3-11-7(6(5)8)9-4-10-11/h2-4H,1H3. The summed E-state index contributed by atoms with van der Waals surface area (Å²) in [5.74, 6) is 0. The summed E-state index contributed by atoms with van der Waals surface area (Å²) in [6.07, 6.45) is 3.43. The van der Waals surface area contributed by atoms with Gasteiger partial charge in [0.15, 0.2) is 5.65 Å². The molecule has 0 aliphatic carbocycles. The Labute approximate surface area is 72.2 Å². The van der Waals surface area contributed by atoms with E-state index in [1.54, 1.807) is 10.8 Å². The van der Waals surface area contributed by atoms with Gasteiger partial charge in [0.2, 0.25) is 0 Å². The molecule has 0 bridgehead atoms. The fourth-order valence-corrected chi connectivity index (χ4v) is 1.36. The average Bonchev–Trinajstić information content (AvgIpc) is 2.45. The largest absolute Gasteiger partial charge is 0.220 e. The van der Waals surface area contributed by atoms with E-state index in [-0.39, 0.29) is 0 Å². The van der Waals surface area contributed by atoms with E-state index in [0.717, 1.165) is 10.1 Å². The van der Waals surface area contributed by atoms with Gasteiger partial charge in [-0.3, -0.25) is 0 Å². The molecule has 0 N–H and O–H groups in total. The molecule has 0 unspecified atom stereocenters. The quantitative estimate of drug-likeness (QED) is 0.666. The highest BCUT2D eigenvalue weighted by molar-refractivity contribution is 9.10. The second-order valence-corrected chi connectivity index (χ2v) is 3.13. The van der Waals surface area contributed by atoms with E-state index in [0.29, 0.717) is 0 Å². The van der Waals surface area contributed by atoms with Crippen LogP contribution < -0.4 is 0 Å². The van der Waals surface area contributed by atoms with Gasteiger partial charge >= 0.3 is 0 Å². The Balaban J connectivity index is 2.93. The highest BCUT2D eigenvalue weighted by Gasteiger charge is 2.01. The van der Waals surface area contributed by atoms with E-state index >= 15 is 0 Å². The first-order valence-electron chi connectivity index (χ1n) is 3.23. The first-order chi connectivity index (χ1) is 5.29. The van der Waals surface area contributed by atoms with E-state index in [4.69, 9.17) is 0 Å². The Kier molecular flexibility index (Phi) is 1.42. The van der Waals surface area contributed by atoms with Crippen LogP contribution in [0.25, 0.3) is 5.65 Å². The normalized spacial score (nSPS) is 10.7. The van der Waals surface area contributed by atoms with Crippen LogP contribution in [0, 0.1) is 6.92 Å². The number of aryl methyl sites for hydroxylation is 1. The lowest BCUT2D eigenvalue weighted by atomic mass is 10.3. The second kappa shape index (κ2) is 2.30. The molecule has 0 aliphatic heterocycles. The van der Waals surface area contributed by atoms with Crippen molar-refractivity contribution in [2.45, 2.75) is 6.92 Å². The van der Waals surface area contributed by atoms with Gasteiger partial charge in [0, 0.05) is 6.20 Å². The summed E-state index contributed by atoms with van der Waals surface area (Å²) in [5.41, 5.74) is 2.04. The van der Waals surface area contributed by atoms with Crippen LogP contribution in [0.2, 0.25) is 0 Å². The van der Waals surface area contributed by atoms with Crippen molar-refractivity contribution < 1.29 is 0 Å². The van der Waals surface area contributed by atoms with Crippen LogP contribution in [0.3, 0.4) is 0 Å². The van der Waals surface area contributed by atoms with Gasteiger partial charge in [-0.2, -0.15) is 5.10 Å². The van der Waals surface area contributed by atoms with Gasteiger partial charge in [-0.05, 0) is 34.5 Å². The smallest absolute Gasteiger partial charge is 0.169 e. The van der Waals surface area contributed by atoms with Crippen molar-refractivity contribution in [1.82, 2.24) is 14.6 Å². The summed E-state index contributed by atoms with van der Waals surface area (Å²) in [5, 5.41) is 4.00. The Bertz CT molecular complexity index is 393. The van der Waals surface area contributed by atoms with Crippen molar-refractivity contribution in [2.75, 3.05) is 0 Å². The molecule has 2 aromatic heterocycles. The molecule has 11 heavy (non-hydrogen) atoms. The molecule has 0 saturated heterocycles. The fraction of sp³-hybridized carbons (Fsp3) is 0.143. The van der Waals surface area contributed by atoms with E-state index in [2.05, 4.69) is 26.0 Å². The molecule has 2 rings (SSSR count). The third-order valence-electron chi connectivity index (χ3n) is 1.58. The number of rotatable bonds is 0. The molecule has 3 nitrogen and oxygen atoms in total. The maximum Gasteiger partial charge on any atom is 0.169 e. The van der Waals surface area contributed by atoms with Crippen LogP contribution in [-0.4, -0.2) is 14.6 Å². The molecule has 56 valence electrons. The van der Waals surface area contributed by atoms with E-state index in [9.17, 15) is 0 Å². The van der Waals surface area contributed by atoms with Gasteiger partial charge < -0.3 is 0 Å². The van der Waals surface area contributed by atoms with Gasteiger partial charge in [-0.25, -0.2) is 9.50 Å². The van der Waals surface area contributed by atoms with E-state index < -0.39 is 0 Å². The molecule has 4 heteroatoms.